The summed E-state index contributed by atoms with van der Waals surface area (Å²) in [6.07, 6.45) is 14.2. The zero-order chi connectivity index (χ0) is 21.3. The fraction of sp³-hybridized carbons (Fsp3) is 0.840. The molecule has 162 valence electrons. The Kier molecular flexibility index (Phi) is 16.4. The average molecular weight is 470 g/mol. The molecule has 0 aromatic rings. The van der Waals surface area contributed by atoms with Crippen LogP contribution in [0.4, 0.5) is 0 Å². The van der Waals surface area contributed by atoms with Crippen molar-refractivity contribution < 1.29 is 4.43 Å². The summed E-state index contributed by atoms with van der Waals surface area (Å²) in [4.78, 5) is 0. The second-order valence-electron chi connectivity index (χ2n) is 9.24. The molecule has 0 saturated heterocycles. The lowest BCUT2D eigenvalue weighted by Crippen LogP contribution is -2.43. The molecule has 0 saturated carbocycles. The van der Waals surface area contributed by atoms with Crippen LogP contribution in [0.5, 0.6) is 0 Å². The molecule has 0 amide bonds. The fourth-order valence-electron chi connectivity index (χ4n) is 2.56. The van der Waals surface area contributed by atoms with Crippen LogP contribution in [0.2, 0.25) is 18.1 Å². The van der Waals surface area contributed by atoms with Gasteiger partial charge in [-0.15, -0.1) is 17.8 Å². The van der Waals surface area contributed by atoms with Crippen LogP contribution >= 0.6 is 15.9 Å². The van der Waals surface area contributed by atoms with E-state index in [0.29, 0.717) is 0 Å². The van der Waals surface area contributed by atoms with Gasteiger partial charge >= 0.3 is 0 Å². The maximum atomic E-state index is 6.56. The minimum atomic E-state index is -1.74. The van der Waals surface area contributed by atoms with E-state index in [0.717, 1.165) is 37.4 Å². The normalized spacial score (nSPS) is 12.7. The second kappa shape index (κ2) is 16.6. The van der Waals surface area contributed by atoms with Gasteiger partial charge in [0.15, 0.2) is 8.32 Å². The highest BCUT2D eigenvalue weighted by Gasteiger charge is 2.38. The van der Waals surface area contributed by atoms with Crippen LogP contribution in [0.1, 0.15) is 105 Å². The van der Waals surface area contributed by atoms with Gasteiger partial charge in [0.05, 0.1) is 0 Å². The number of hydrogen-bond donors (Lipinski definition) is 0. The van der Waals surface area contributed by atoms with Crippen LogP contribution < -0.4 is 0 Å². The predicted octanol–water partition coefficient (Wildman–Crippen LogP) is 8.48. The van der Waals surface area contributed by atoms with Crippen LogP contribution in [-0.2, 0) is 4.43 Å². The molecule has 1 atom stereocenters. The Labute approximate surface area is 186 Å². The van der Waals surface area contributed by atoms with Crippen LogP contribution in [-0.4, -0.2) is 19.8 Å². The molecule has 0 aliphatic rings. The number of halogens is 1. The first-order chi connectivity index (χ1) is 13.2. The summed E-state index contributed by atoms with van der Waals surface area (Å²) in [7, 11) is -1.74. The lowest BCUT2D eigenvalue weighted by atomic mass is 10.1. The molecule has 1 unspecified atom stereocenters. The van der Waals surface area contributed by atoms with E-state index in [1.807, 2.05) is 0 Å². The van der Waals surface area contributed by atoms with E-state index >= 15 is 0 Å². The van der Waals surface area contributed by atoms with Crippen molar-refractivity contribution in [3.05, 3.63) is 0 Å². The van der Waals surface area contributed by atoms with Crippen LogP contribution in [0.15, 0.2) is 0 Å². The largest absolute Gasteiger partial charge is 0.403 e. The first kappa shape index (κ1) is 27.8. The van der Waals surface area contributed by atoms with Gasteiger partial charge in [0.2, 0.25) is 0 Å². The van der Waals surface area contributed by atoms with Crippen LogP contribution in [0.3, 0.4) is 0 Å². The third kappa shape index (κ3) is 14.7. The van der Waals surface area contributed by atoms with Gasteiger partial charge < -0.3 is 4.43 Å². The first-order valence-corrected chi connectivity index (χ1v) is 15.5. The summed E-state index contributed by atoms with van der Waals surface area (Å²) < 4.78 is 6.56. The van der Waals surface area contributed by atoms with E-state index in [1.165, 1.54) is 44.9 Å². The summed E-state index contributed by atoms with van der Waals surface area (Å²) in [6, 6.07) is 0. The van der Waals surface area contributed by atoms with Crippen molar-refractivity contribution in [1.29, 1.82) is 0 Å². The smallest absolute Gasteiger partial charge is 0.193 e. The van der Waals surface area contributed by atoms with Crippen molar-refractivity contribution in [2.75, 3.05) is 5.33 Å². The molecule has 0 fully saturated rings. The highest BCUT2D eigenvalue weighted by molar-refractivity contribution is 9.09. The van der Waals surface area contributed by atoms with Crippen molar-refractivity contribution in [2.45, 2.75) is 129 Å². The van der Waals surface area contributed by atoms with Crippen molar-refractivity contribution in [3.63, 3.8) is 0 Å². The fourth-order valence-corrected chi connectivity index (χ4v) is 4.08. The van der Waals surface area contributed by atoms with E-state index in [9.17, 15) is 0 Å². The molecule has 0 N–H and O–H groups in total. The third-order valence-corrected chi connectivity index (χ3v) is 10.5. The molecule has 0 aromatic heterocycles. The summed E-state index contributed by atoms with van der Waals surface area (Å²) in [5.74, 6) is 13.4. The third-order valence-electron chi connectivity index (χ3n) is 5.49. The van der Waals surface area contributed by atoms with Crippen LogP contribution in [0, 0.1) is 23.7 Å². The van der Waals surface area contributed by atoms with Gasteiger partial charge in [0, 0.05) is 24.6 Å². The Morgan fingerprint density at radius 1 is 0.821 bits per heavy atom. The number of unbranched alkanes of at least 4 members (excludes halogenated alkanes) is 8. The summed E-state index contributed by atoms with van der Waals surface area (Å²) in [5.41, 5.74) is 0. The maximum absolute atomic E-state index is 6.56. The van der Waals surface area contributed by atoms with E-state index in [-0.39, 0.29) is 11.1 Å². The number of hydrogen-bond acceptors (Lipinski definition) is 1. The second-order valence-corrected chi connectivity index (χ2v) is 14.8. The summed E-state index contributed by atoms with van der Waals surface area (Å²) >= 11 is 3.43. The van der Waals surface area contributed by atoms with Gasteiger partial charge in [-0.05, 0) is 43.8 Å². The first-order valence-electron chi connectivity index (χ1n) is 11.4. The van der Waals surface area contributed by atoms with Gasteiger partial charge in [0.25, 0.3) is 0 Å². The Hall–Kier alpha value is -0.223. The molecule has 3 heteroatoms. The summed E-state index contributed by atoms with van der Waals surface area (Å²) in [6.45, 7) is 13.8. The Morgan fingerprint density at radius 3 is 1.89 bits per heavy atom. The molecule has 28 heavy (non-hydrogen) atoms. The lowest BCUT2D eigenvalue weighted by Gasteiger charge is -2.38. The van der Waals surface area contributed by atoms with Crippen molar-refractivity contribution >= 4 is 24.2 Å². The molecule has 0 aromatic carbocycles. The van der Waals surface area contributed by atoms with Crippen LogP contribution in [0.25, 0.3) is 0 Å². The van der Waals surface area contributed by atoms with E-state index < -0.39 is 8.32 Å². The van der Waals surface area contributed by atoms with Crippen molar-refractivity contribution in [2.24, 2.45) is 0 Å². The maximum Gasteiger partial charge on any atom is 0.193 e. The lowest BCUT2D eigenvalue weighted by molar-refractivity contribution is 0.220. The van der Waals surface area contributed by atoms with Gasteiger partial charge in [-0.25, -0.2) is 0 Å². The van der Waals surface area contributed by atoms with Gasteiger partial charge in [0.1, 0.15) is 6.10 Å². The van der Waals surface area contributed by atoms with Gasteiger partial charge in [-0.1, -0.05) is 81.6 Å². The molecular weight excluding hydrogens is 424 g/mol. The molecule has 0 aliphatic heterocycles. The molecule has 0 aliphatic carbocycles. The monoisotopic (exact) mass is 468 g/mol. The zero-order valence-electron chi connectivity index (χ0n) is 19.6. The summed E-state index contributed by atoms with van der Waals surface area (Å²) in [5, 5.41) is 1.31. The predicted molar refractivity (Wildman–Crippen MR) is 132 cm³/mol. The van der Waals surface area contributed by atoms with Crippen molar-refractivity contribution in [1.82, 2.24) is 0 Å². The Morgan fingerprint density at radius 2 is 1.36 bits per heavy atom. The zero-order valence-corrected chi connectivity index (χ0v) is 22.1. The highest BCUT2D eigenvalue weighted by atomic mass is 79.9. The van der Waals surface area contributed by atoms with Gasteiger partial charge in [-0.2, -0.15) is 0 Å². The van der Waals surface area contributed by atoms with E-state index in [4.69, 9.17) is 4.43 Å². The quantitative estimate of drug-likeness (QED) is 0.114. The minimum absolute atomic E-state index is 0.129. The Bertz CT molecular complexity index is 499. The molecule has 0 rings (SSSR count). The molecule has 0 spiro atoms. The highest BCUT2D eigenvalue weighted by Crippen LogP contribution is 2.37. The SMILES string of the molecule is CCCCC(C#CCCCCCCCC#CCCCBr)O[Si](C)(C)C(C)(C)C. The average Bonchev–Trinajstić information content (AvgIpc) is 2.62. The standard InChI is InChI=1S/C25H45BrOSi/c1-7-8-21-24(27-28(5,6)25(2,3)4)22-19-17-15-13-11-9-10-12-14-16-18-20-23-26/h24H,7-13,15,17-18,20-21,23H2,1-6H3. The molecule has 1 nitrogen and oxygen atoms in total. The van der Waals surface area contributed by atoms with E-state index in [2.05, 4.69) is 80.4 Å². The minimum Gasteiger partial charge on any atom is -0.403 e. The molecule has 0 bridgehead atoms. The van der Waals surface area contributed by atoms with E-state index in [1.54, 1.807) is 0 Å². The van der Waals surface area contributed by atoms with Crippen molar-refractivity contribution in [3.8, 4) is 23.7 Å². The molecule has 0 heterocycles. The topological polar surface area (TPSA) is 9.23 Å². The number of rotatable bonds is 13. The van der Waals surface area contributed by atoms with Gasteiger partial charge in [-0.3, -0.25) is 0 Å². The molecule has 0 radical (unpaired) electrons. The molecular formula is C25H45BrOSi. The Balaban J connectivity index is 4.07. The number of alkyl halides is 1.